The third kappa shape index (κ3) is 7.07. The van der Waals surface area contributed by atoms with Gasteiger partial charge in [-0.3, -0.25) is 9.59 Å². The van der Waals surface area contributed by atoms with Crippen molar-refractivity contribution in [2.24, 2.45) is 0 Å². The van der Waals surface area contributed by atoms with Crippen LogP contribution in [-0.4, -0.2) is 51.4 Å². The van der Waals surface area contributed by atoms with Crippen LogP contribution >= 0.6 is 11.8 Å². The highest BCUT2D eigenvalue weighted by Gasteiger charge is 2.21. The van der Waals surface area contributed by atoms with E-state index < -0.39 is 9.84 Å². The van der Waals surface area contributed by atoms with Crippen LogP contribution in [0, 0.1) is 13.8 Å². The van der Waals surface area contributed by atoms with Crippen molar-refractivity contribution in [3.8, 4) is 0 Å². The molecule has 0 amide bonds. The Kier molecular flexibility index (Phi) is 10.1. The van der Waals surface area contributed by atoms with Gasteiger partial charge in [0, 0.05) is 23.5 Å². The third-order valence-corrected chi connectivity index (χ3v) is 8.05. The fourth-order valence-electron chi connectivity index (χ4n) is 3.53. The number of nitrogens with two attached hydrogens (primary N) is 2. The van der Waals surface area contributed by atoms with Gasteiger partial charge in [0.2, 0.25) is 15.0 Å². The number of hydrogen-bond donors (Lipinski definition) is 2. The quantitative estimate of drug-likeness (QED) is 0.175. The first-order valence-electron chi connectivity index (χ1n) is 12.3. The number of thioether (sulfide) groups is 1. The molecule has 0 unspecified atom stereocenters. The number of anilines is 2. The van der Waals surface area contributed by atoms with Crippen molar-refractivity contribution in [1.29, 1.82) is 0 Å². The van der Waals surface area contributed by atoms with Crippen LogP contribution in [0.15, 0.2) is 71.2 Å². The molecule has 0 aliphatic heterocycles. The van der Waals surface area contributed by atoms with Gasteiger partial charge in [-0.1, -0.05) is 74.1 Å². The van der Waals surface area contributed by atoms with E-state index in [1.807, 2.05) is 38.1 Å². The van der Waals surface area contributed by atoms with Crippen molar-refractivity contribution >= 4 is 44.8 Å². The van der Waals surface area contributed by atoms with Crippen molar-refractivity contribution in [2.75, 3.05) is 23.0 Å². The number of hydrogen-bond acceptors (Lipinski definition) is 11. The second-order valence-corrected chi connectivity index (χ2v) is 11.9. The molecule has 0 saturated heterocycles. The van der Waals surface area contributed by atoms with Gasteiger partial charge in [-0.15, -0.1) is 0 Å². The van der Waals surface area contributed by atoms with Crippen molar-refractivity contribution in [3.63, 3.8) is 0 Å². The molecule has 2 aromatic carbocycles. The minimum Gasteiger partial charge on any atom is -0.383 e. The van der Waals surface area contributed by atoms with E-state index >= 15 is 0 Å². The number of aryl methyl sites for hydroxylation is 2. The van der Waals surface area contributed by atoms with Gasteiger partial charge >= 0.3 is 0 Å². The molecule has 10 nitrogen and oxygen atoms in total. The topological polar surface area (TPSA) is 172 Å². The third-order valence-electron chi connectivity index (χ3n) is 5.79. The van der Waals surface area contributed by atoms with E-state index in [2.05, 4.69) is 19.9 Å². The van der Waals surface area contributed by atoms with Crippen molar-refractivity contribution in [2.45, 2.75) is 38.0 Å². The lowest BCUT2D eigenvalue weighted by Crippen LogP contribution is -2.14. The van der Waals surface area contributed by atoms with E-state index in [-0.39, 0.29) is 39.7 Å². The van der Waals surface area contributed by atoms with Crippen LogP contribution in [0.3, 0.4) is 0 Å². The SMILES string of the molecule is CCS(=O)(=O)c1ncc(C(=O)c2ccccc2C)c(N)n1.CCSc1ncc(C(=O)c2ccccc2C)c(N)n1. The summed E-state index contributed by atoms with van der Waals surface area (Å²) in [5.41, 5.74) is 14.9. The molecule has 0 aliphatic carbocycles. The normalized spacial score (nSPS) is 10.9. The molecular formula is C28H30N6O4S2. The summed E-state index contributed by atoms with van der Waals surface area (Å²) in [6.07, 6.45) is 2.68. The van der Waals surface area contributed by atoms with E-state index in [1.54, 1.807) is 31.2 Å². The molecule has 0 bridgehead atoms. The summed E-state index contributed by atoms with van der Waals surface area (Å²) in [5.74, 6) is 0.376. The Morgan fingerprint density at radius 1 is 0.750 bits per heavy atom. The average molecular weight is 579 g/mol. The molecule has 0 saturated carbocycles. The Hall–Kier alpha value is -4.16. The monoisotopic (exact) mass is 578 g/mol. The summed E-state index contributed by atoms with van der Waals surface area (Å²) in [6.45, 7) is 7.20. The van der Waals surface area contributed by atoms with E-state index in [0.717, 1.165) is 16.9 Å². The zero-order chi connectivity index (χ0) is 29.4. The van der Waals surface area contributed by atoms with Crippen LogP contribution in [0.4, 0.5) is 11.6 Å². The number of ketones is 2. The summed E-state index contributed by atoms with van der Waals surface area (Å²) >= 11 is 1.50. The first-order chi connectivity index (χ1) is 19.0. The number of nitrogen functional groups attached to an aromatic ring is 2. The molecule has 4 N–H and O–H groups in total. The smallest absolute Gasteiger partial charge is 0.249 e. The van der Waals surface area contributed by atoms with Gasteiger partial charge in [-0.25, -0.2) is 28.4 Å². The number of sulfone groups is 1. The first kappa shape index (κ1) is 30.4. The summed E-state index contributed by atoms with van der Waals surface area (Å²) in [5, 5.41) is 0.241. The Morgan fingerprint density at radius 2 is 1.23 bits per heavy atom. The number of aromatic nitrogens is 4. The molecule has 4 rings (SSSR count). The summed E-state index contributed by atoms with van der Waals surface area (Å²) in [4.78, 5) is 40.6. The molecule has 2 aromatic heterocycles. The molecule has 40 heavy (non-hydrogen) atoms. The lowest BCUT2D eigenvalue weighted by Gasteiger charge is -2.07. The highest BCUT2D eigenvalue weighted by Crippen LogP contribution is 2.21. The molecule has 0 fully saturated rings. The van der Waals surface area contributed by atoms with Crippen LogP contribution in [0.5, 0.6) is 0 Å². The van der Waals surface area contributed by atoms with Gasteiger partial charge in [0.25, 0.3) is 0 Å². The predicted octanol–water partition coefficient (Wildman–Crippen LogP) is 4.10. The predicted molar refractivity (Wildman–Crippen MR) is 156 cm³/mol. The maximum atomic E-state index is 12.4. The standard InChI is InChI=1S/C14H15N3O3S.C14H15N3OS/c1-3-21(19,20)14-16-8-11(13(15)17-14)12(18)10-7-5-4-6-9(10)2;1-3-19-14-16-8-11(13(15)17-14)12(18)10-7-5-4-6-9(10)2/h4-8H,3H2,1-2H3,(H2,15,16,17);4-8H,3H2,1-2H3,(H2,15,16,17). The van der Waals surface area contributed by atoms with Crippen LogP contribution in [-0.2, 0) is 9.84 Å². The van der Waals surface area contributed by atoms with E-state index in [0.29, 0.717) is 21.8 Å². The minimum absolute atomic E-state index is 0.0966. The highest BCUT2D eigenvalue weighted by atomic mass is 32.2. The number of benzene rings is 2. The van der Waals surface area contributed by atoms with Gasteiger partial charge < -0.3 is 11.5 Å². The summed E-state index contributed by atoms with van der Waals surface area (Å²) < 4.78 is 23.4. The molecule has 0 spiro atoms. The molecule has 0 radical (unpaired) electrons. The van der Waals surface area contributed by atoms with E-state index in [4.69, 9.17) is 11.5 Å². The molecule has 208 valence electrons. The van der Waals surface area contributed by atoms with Crippen molar-refractivity contribution < 1.29 is 18.0 Å². The van der Waals surface area contributed by atoms with Gasteiger partial charge in [-0.2, -0.15) is 0 Å². The number of nitrogens with zero attached hydrogens (tertiary/aromatic N) is 4. The zero-order valence-electron chi connectivity index (χ0n) is 22.6. The van der Waals surface area contributed by atoms with Gasteiger partial charge in [0.05, 0.1) is 16.9 Å². The fourth-order valence-corrected chi connectivity index (χ4v) is 4.79. The second kappa shape index (κ2) is 13.3. The molecule has 2 heterocycles. The number of carbonyl (C=O) groups excluding carboxylic acids is 2. The maximum absolute atomic E-state index is 12.4. The summed E-state index contributed by atoms with van der Waals surface area (Å²) in [6, 6.07) is 14.5. The molecular weight excluding hydrogens is 548 g/mol. The van der Waals surface area contributed by atoms with E-state index in [1.165, 1.54) is 31.1 Å². The van der Waals surface area contributed by atoms with Gasteiger partial charge in [0.15, 0.2) is 16.7 Å². The molecule has 12 heteroatoms. The molecule has 4 aromatic rings. The first-order valence-corrected chi connectivity index (χ1v) is 14.9. The summed E-state index contributed by atoms with van der Waals surface area (Å²) in [7, 11) is -3.55. The number of rotatable bonds is 8. The van der Waals surface area contributed by atoms with Gasteiger partial charge in [-0.05, 0) is 30.7 Å². The molecule has 0 aliphatic rings. The average Bonchev–Trinajstić information content (AvgIpc) is 2.93. The van der Waals surface area contributed by atoms with Crippen molar-refractivity contribution in [1.82, 2.24) is 19.9 Å². The van der Waals surface area contributed by atoms with Crippen molar-refractivity contribution in [3.05, 3.63) is 94.3 Å². The second-order valence-electron chi connectivity index (χ2n) is 8.53. The zero-order valence-corrected chi connectivity index (χ0v) is 24.2. The Bertz CT molecular complexity index is 1660. The minimum atomic E-state index is -3.55. The van der Waals surface area contributed by atoms with E-state index in [9.17, 15) is 18.0 Å². The molecule has 0 atom stereocenters. The van der Waals surface area contributed by atoms with Crippen LogP contribution in [0.2, 0.25) is 0 Å². The van der Waals surface area contributed by atoms with Crippen LogP contribution in [0.25, 0.3) is 0 Å². The Morgan fingerprint density at radius 3 is 1.65 bits per heavy atom. The van der Waals surface area contributed by atoms with Gasteiger partial charge in [0.1, 0.15) is 11.6 Å². The Labute approximate surface area is 237 Å². The Balaban J connectivity index is 0.000000222. The van der Waals surface area contributed by atoms with Crippen LogP contribution in [0.1, 0.15) is 56.8 Å². The van der Waals surface area contributed by atoms with Crippen LogP contribution < -0.4 is 11.5 Å². The lowest BCUT2D eigenvalue weighted by atomic mass is 10.0. The lowest BCUT2D eigenvalue weighted by molar-refractivity contribution is 0.103. The highest BCUT2D eigenvalue weighted by molar-refractivity contribution is 7.99. The largest absolute Gasteiger partial charge is 0.383 e. The fraction of sp³-hybridized carbons (Fsp3) is 0.214. The number of carbonyl (C=O) groups is 2. The maximum Gasteiger partial charge on any atom is 0.249 e.